The fraction of sp³-hybridized carbons (Fsp3) is 0.250. The Labute approximate surface area is 192 Å². The van der Waals surface area contributed by atoms with E-state index in [1.54, 1.807) is 23.6 Å². The van der Waals surface area contributed by atoms with Gasteiger partial charge in [-0.15, -0.1) is 11.3 Å². The summed E-state index contributed by atoms with van der Waals surface area (Å²) in [5.41, 5.74) is 2.23. The maximum atomic E-state index is 14.2. The van der Waals surface area contributed by atoms with Crippen LogP contribution in [-0.2, 0) is 27.4 Å². The first-order valence-corrected chi connectivity index (χ1v) is 11.2. The van der Waals surface area contributed by atoms with Crippen molar-refractivity contribution in [1.29, 1.82) is 0 Å². The number of esters is 2. The van der Waals surface area contributed by atoms with Crippen LogP contribution in [0, 0.1) is 11.6 Å². The Balaban J connectivity index is 1.86. The molecule has 0 bridgehead atoms. The highest BCUT2D eigenvalue weighted by molar-refractivity contribution is 7.17. The highest BCUT2D eigenvalue weighted by Crippen LogP contribution is 2.32. The molecule has 2 heterocycles. The van der Waals surface area contributed by atoms with Gasteiger partial charge in [-0.2, -0.15) is 0 Å². The van der Waals surface area contributed by atoms with Crippen molar-refractivity contribution in [3.8, 4) is 0 Å². The lowest BCUT2D eigenvalue weighted by Crippen LogP contribution is -2.25. The van der Waals surface area contributed by atoms with E-state index in [0.717, 1.165) is 15.6 Å². The Hall–Kier alpha value is -3.30. The summed E-state index contributed by atoms with van der Waals surface area (Å²) in [5.74, 6) is -1.82. The number of benzene rings is 2. The number of nitrogens with zero attached hydrogens (tertiary/aromatic N) is 1. The van der Waals surface area contributed by atoms with Gasteiger partial charge in [0.2, 0.25) is 0 Å². The number of halogens is 2. The molecule has 0 radical (unpaired) electrons. The van der Waals surface area contributed by atoms with Gasteiger partial charge in [-0.1, -0.05) is 0 Å². The van der Waals surface area contributed by atoms with Crippen LogP contribution >= 0.6 is 11.3 Å². The van der Waals surface area contributed by atoms with Crippen molar-refractivity contribution in [2.45, 2.75) is 20.0 Å². The number of fused-ring (bicyclic) bond motifs is 2. The van der Waals surface area contributed by atoms with Gasteiger partial charge < -0.3 is 19.4 Å². The molecule has 0 aliphatic rings. The van der Waals surface area contributed by atoms with E-state index in [4.69, 9.17) is 4.74 Å². The van der Waals surface area contributed by atoms with Gasteiger partial charge in [-0.3, -0.25) is 4.79 Å². The normalized spacial score (nSPS) is 11.3. The summed E-state index contributed by atoms with van der Waals surface area (Å²) in [5, 5.41) is 6.15. The summed E-state index contributed by atoms with van der Waals surface area (Å²) in [6.45, 7) is 2.17. The number of hydrogen-bond donors (Lipinski definition) is 1. The molecule has 0 saturated carbocycles. The van der Waals surface area contributed by atoms with E-state index in [1.165, 1.54) is 42.7 Å². The van der Waals surface area contributed by atoms with Gasteiger partial charge in [-0.25, -0.2) is 13.6 Å². The van der Waals surface area contributed by atoms with Gasteiger partial charge >= 0.3 is 11.9 Å². The Kier molecular flexibility index (Phi) is 6.71. The largest absolute Gasteiger partial charge is 0.468 e. The zero-order valence-corrected chi connectivity index (χ0v) is 18.9. The lowest BCUT2D eigenvalue weighted by atomic mass is 10.1. The Morgan fingerprint density at radius 1 is 1.09 bits per heavy atom. The maximum absolute atomic E-state index is 14.2. The molecule has 6 nitrogen and oxygen atoms in total. The third-order valence-electron chi connectivity index (χ3n) is 5.34. The predicted molar refractivity (Wildman–Crippen MR) is 122 cm³/mol. The zero-order valence-electron chi connectivity index (χ0n) is 18.1. The van der Waals surface area contributed by atoms with Crippen LogP contribution in [0.15, 0.2) is 41.8 Å². The lowest BCUT2D eigenvalue weighted by molar-refractivity contribution is -0.139. The molecule has 9 heteroatoms. The van der Waals surface area contributed by atoms with Crippen LogP contribution in [0.2, 0.25) is 0 Å². The monoisotopic (exact) mass is 472 g/mol. The average molecular weight is 473 g/mol. The maximum Gasteiger partial charge on any atom is 0.355 e. The van der Waals surface area contributed by atoms with E-state index < -0.39 is 17.8 Å². The first-order chi connectivity index (χ1) is 15.9. The molecule has 0 spiro atoms. The molecule has 0 aliphatic heterocycles. The first-order valence-electron chi connectivity index (χ1n) is 10.3. The third kappa shape index (κ3) is 4.60. The standard InChI is InChI=1S/C24H22F2N2O4S/c1-3-32-24(30)23-19(10-27-11-22(29)31-2)18-9-15(25)4-6-20(18)28(23)12-14-13-33-21-7-5-16(26)8-17(14)21/h4-9,13,27H,3,10-12H2,1-2H3. The fourth-order valence-corrected chi connectivity index (χ4v) is 4.82. The van der Waals surface area contributed by atoms with E-state index in [1.807, 2.05) is 5.38 Å². The quantitative estimate of drug-likeness (QED) is 0.379. The number of thiophene rings is 1. The van der Waals surface area contributed by atoms with Crippen LogP contribution in [0.3, 0.4) is 0 Å². The van der Waals surface area contributed by atoms with E-state index in [-0.39, 0.29) is 37.8 Å². The number of ether oxygens (including phenoxy) is 2. The SMILES string of the molecule is CCOC(=O)c1c(CNCC(=O)OC)c2cc(F)ccc2n1Cc1csc2ccc(F)cc12. The van der Waals surface area contributed by atoms with Crippen molar-refractivity contribution in [2.75, 3.05) is 20.3 Å². The molecular formula is C24H22F2N2O4S. The zero-order chi connectivity index (χ0) is 23.5. The van der Waals surface area contributed by atoms with Crippen LogP contribution in [0.25, 0.3) is 21.0 Å². The number of rotatable bonds is 8. The third-order valence-corrected chi connectivity index (χ3v) is 6.35. The van der Waals surface area contributed by atoms with Crippen LogP contribution in [0.4, 0.5) is 8.78 Å². The summed E-state index contributed by atoms with van der Waals surface area (Å²) in [4.78, 5) is 24.6. The number of carbonyl (C=O) groups excluding carboxylic acids is 2. The number of nitrogens with one attached hydrogen (secondary N) is 1. The summed E-state index contributed by atoms with van der Waals surface area (Å²) in [6.07, 6.45) is 0. The van der Waals surface area contributed by atoms with E-state index in [9.17, 15) is 18.4 Å². The van der Waals surface area contributed by atoms with Crippen molar-refractivity contribution in [1.82, 2.24) is 9.88 Å². The van der Waals surface area contributed by atoms with Crippen molar-refractivity contribution in [3.05, 3.63) is 70.2 Å². The minimum absolute atomic E-state index is 0.0742. The highest BCUT2D eigenvalue weighted by atomic mass is 32.1. The van der Waals surface area contributed by atoms with Crippen LogP contribution in [0.1, 0.15) is 28.5 Å². The van der Waals surface area contributed by atoms with Gasteiger partial charge in [0, 0.05) is 39.6 Å². The summed E-state index contributed by atoms with van der Waals surface area (Å²) in [6, 6.07) is 8.88. The molecule has 172 valence electrons. The van der Waals surface area contributed by atoms with Gasteiger partial charge in [0.05, 0.1) is 20.3 Å². The predicted octanol–water partition coefficient (Wildman–Crippen LogP) is 4.62. The molecule has 1 N–H and O–H groups in total. The Morgan fingerprint density at radius 2 is 1.82 bits per heavy atom. The van der Waals surface area contributed by atoms with Crippen molar-refractivity contribution in [3.63, 3.8) is 0 Å². The minimum Gasteiger partial charge on any atom is -0.468 e. The van der Waals surface area contributed by atoms with Gasteiger partial charge in [0.25, 0.3) is 0 Å². The smallest absolute Gasteiger partial charge is 0.355 e. The summed E-state index contributed by atoms with van der Waals surface area (Å²) < 4.78 is 40.7. The van der Waals surface area contributed by atoms with Gasteiger partial charge in [0.15, 0.2) is 0 Å². The second-order valence-corrected chi connectivity index (χ2v) is 8.29. The first kappa shape index (κ1) is 22.9. The van der Waals surface area contributed by atoms with Crippen LogP contribution in [-0.4, -0.2) is 36.8 Å². The number of aromatic nitrogens is 1. The molecular weight excluding hydrogens is 450 g/mol. The Morgan fingerprint density at radius 3 is 2.55 bits per heavy atom. The van der Waals surface area contributed by atoms with E-state index in [0.29, 0.717) is 16.5 Å². The van der Waals surface area contributed by atoms with Crippen molar-refractivity contribution < 1.29 is 27.8 Å². The second kappa shape index (κ2) is 9.68. The number of methoxy groups -OCH3 is 1. The van der Waals surface area contributed by atoms with Gasteiger partial charge in [-0.05, 0) is 54.3 Å². The van der Waals surface area contributed by atoms with Gasteiger partial charge in [0.1, 0.15) is 17.3 Å². The summed E-state index contributed by atoms with van der Waals surface area (Å²) >= 11 is 1.48. The molecule has 4 rings (SSSR count). The molecule has 2 aromatic heterocycles. The molecule has 33 heavy (non-hydrogen) atoms. The molecule has 2 aromatic carbocycles. The molecule has 4 aromatic rings. The molecule has 0 aliphatic carbocycles. The number of carbonyl (C=O) groups is 2. The number of hydrogen-bond acceptors (Lipinski definition) is 6. The summed E-state index contributed by atoms with van der Waals surface area (Å²) in [7, 11) is 1.28. The van der Waals surface area contributed by atoms with Crippen LogP contribution in [0.5, 0.6) is 0 Å². The molecule has 0 fully saturated rings. The lowest BCUT2D eigenvalue weighted by Gasteiger charge is -2.12. The fourth-order valence-electron chi connectivity index (χ4n) is 3.88. The highest BCUT2D eigenvalue weighted by Gasteiger charge is 2.25. The van der Waals surface area contributed by atoms with Crippen molar-refractivity contribution >= 4 is 44.3 Å². The second-order valence-electron chi connectivity index (χ2n) is 7.38. The topological polar surface area (TPSA) is 69.6 Å². The van der Waals surface area contributed by atoms with Crippen molar-refractivity contribution in [2.24, 2.45) is 0 Å². The molecule has 0 unspecified atom stereocenters. The molecule has 0 atom stereocenters. The minimum atomic E-state index is -0.560. The average Bonchev–Trinajstić information content (AvgIpc) is 3.32. The van der Waals surface area contributed by atoms with E-state index >= 15 is 0 Å². The van der Waals surface area contributed by atoms with E-state index in [2.05, 4.69) is 10.1 Å². The molecule has 0 saturated heterocycles. The molecule has 0 amide bonds. The van der Waals surface area contributed by atoms with Crippen LogP contribution < -0.4 is 5.32 Å². The Bertz CT molecular complexity index is 1350.